The van der Waals surface area contributed by atoms with Gasteiger partial charge in [-0.1, -0.05) is 47.5 Å². The van der Waals surface area contributed by atoms with E-state index in [0.29, 0.717) is 33.5 Å². The van der Waals surface area contributed by atoms with E-state index in [9.17, 15) is 9.90 Å². The molecule has 144 valence electrons. The zero-order valence-electron chi connectivity index (χ0n) is 15.2. The maximum absolute atomic E-state index is 11.2. The van der Waals surface area contributed by atoms with Gasteiger partial charge < -0.3 is 15.2 Å². The molecular formula is C22H19Cl2NO3. The number of hydrogen-bond acceptors (Lipinski definition) is 3. The molecule has 0 unspecified atom stereocenters. The summed E-state index contributed by atoms with van der Waals surface area (Å²) in [4.78, 5) is 11.2. The smallest absolute Gasteiger partial charge is 0.336 e. The second-order valence-corrected chi connectivity index (χ2v) is 7.08. The Morgan fingerprint density at radius 3 is 2.29 bits per heavy atom. The highest BCUT2D eigenvalue weighted by Crippen LogP contribution is 2.26. The highest BCUT2D eigenvalue weighted by molar-refractivity contribution is 6.35. The molecule has 0 aliphatic rings. The van der Waals surface area contributed by atoms with Gasteiger partial charge in [0, 0.05) is 27.8 Å². The second kappa shape index (κ2) is 9.00. The fourth-order valence-electron chi connectivity index (χ4n) is 2.79. The fraction of sp³-hybridized carbons (Fsp3) is 0.136. The number of carboxylic acid groups (broad SMARTS) is 1. The first-order valence-electron chi connectivity index (χ1n) is 8.67. The van der Waals surface area contributed by atoms with Crippen LogP contribution in [0.3, 0.4) is 0 Å². The van der Waals surface area contributed by atoms with Crippen molar-refractivity contribution in [2.75, 3.05) is 5.32 Å². The van der Waals surface area contributed by atoms with Gasteiger partial charge in [-0.05, 0) is 54.4 Å². The molecule has 28 heavy (non-hydrogen) atoms. The Labute approximate surface area is 173 Å². The van der Waals surface area contributed by atoms with Crippen LogP contribution in [0.15, 0.2) is 60.7 Å². The van der Waals surface area contributed by atoms with E-state index in [1.165, 1.54) is 0 Å². The van der Waals surface area contributed by atoms with Crippen molar-refractivity contribution in [3.8, 4) is 5.75 Å². The van der Waals surface area contributed by atoms with Crippen molar-refractivity contribution in [3.05, 3.63) is 93.0 Å². The number of rotatable bonds is 7. The zero-order chi connectivity index (χ0) is 20.1. The second-order valence-electron chi connectivity index (χ2n) is 6.27. The average molecular weight is 416 g/mol. The Bertz CT molecular complexity index is 967. The fourth-order valence-corrected chi connectivity index (χ4v) is 3.29. The highest BCUT2D eigenvalue weighted by Gasteiger charge is 2.10. The van der Waals surface area contributed by atoms with Crippen molar-refractivity contribution >= 4 is 34.9 Å². The minimum absolute atomic E-state index is 0.289. The van der Waals surface area contributed by atoms with Crippen molar-refractivity contribution < 1.29 is 14.6 Å². The van der Waals surface area contributed by atoms with Crippen molar-refractivity contribution in [1.29, 1.82) is 0 Å². The third-order valence-corrected chi connectivity index (χ3v) is 5.12. The van der Waals surface area contributed by atoms with Gasteiger partial charge in [0.2, 0.25) is 0 Å². The van der Waals surface area contributed by atoms with Gasteiger partial charge in [0.25, 0.3) is 0 Å². The molecule has 0 amide bonds. The van der Waals surface area contributed by atoms with Gasteiger partial charge in [0.05, 0.1) is 5.56 Å². The quantitative estimate of drug-likeness (QED) is 0.482. The zero-order valence-corrected chi connectivity index (χ0v) is 16.7. The molecule has 0 saturated carbocycles. The molecule has 2 N–H and O–H groups in total. The maximum Gasteiger partial charge on any atom is 0.336 e. The predicted molar refractivity (Wildman–Crippen MR) is 113 cm³/mol. The van der Waals surface area contributed by atoms with E-state index in [-0.39, 0.29) is 6.61 Å². The van der Waals surface area contributed by atoms with E-state index in [4.69, 9.17) is 27.9 Å². The summed E-state index contributed by atoms with van der Waals surface area (Å²) in [7, 11) is 0. The lowest BCUT2D eigenvalue weighted by Crippen LogP contribution is -2.05. The van der Waals surface area contributed by atoms with Gasteiger partial charge in [-0.2, -0.15) is 0 Å². The summed E-state index contributed by atoms with van der Waals surface area (Å²) in [5.74, 6) is -0.218. The van der Waals surface area contributed by atoms with Gasteiger partial charge in [-0.15, -0.1) is 0 Å². The number of nitrogens with one attached hydrogen (secondary N) is 1. The van der Waals surface area contributed by atoms with Crippen molar-refractivity contribution in [3.63, 3.8) is 0 Å². The first kappa shape index (κ1) is 20.1. The molecule has 3 rings (SSSR count). The molecule has 0 radical (unpaired) electrons. The van der Waals surface area contributed by atoms with E-state index >= 15 is 0 Å². The molecule has 4 nitrogen and oxygen atoms in total. The number of hydrogen-bond donors (Lipinski definition) is 2. The Balaban J connectivity index is 1.61. The van der Waals surface area contributed by atoms with Crippen LogP contribution in [0.1, 0.15) is 27.0 Å². The van der Waals surface area contributed by atoms with Crippen LogP contribution in [0.4, 0.5) is 5.69 Å². The van der Waals surface area contributed by atoms with Crippen LogP contribution in [0.2, 0.25) is 10.0 Å². The molecule has 0 heterocycles. The van der Waals surface area contributed by atoms with Crippen molar-refractivity contribution in [2.24, 2.45) is 0 Å². The van der Waals surface area contributed by atoms with E-state index in [2.05, 4.69) is 5.32 Å². The van der Waals surface area contributed by atoms with E-state index in [1.807, 2.05) is 30.3 Å². The molecule has 0 bridgehead atoms. The number of ether oxygens (including phenoxy) is 1. The Morgan fingerprint density at radius 2 is 1.64 bits per heavy atom. The number of benzene rings is 3. The van der Waals surface area contributed by atoms with E-state index < -0.39 is 5.97 Å². The molecule has 0 aromatic heterocycles. The van der Waals surface area contributed by atoms with Crippen LogP contribution in [0.25, 0.3) is 0 Å². The largest absolute Gasteiger partial charge is 0.489 e. The molecule has 0 atom stereocenters. The molecule has 3 aromatic rings. The summed E-state index contributed by atoms with van der Waals surface area (Å²) in [5.41, 5.74) is 3.61. The van der Waals surface area contributed by atoms with Crippen LogP contribution in [0.5, 0.6) is 5.75 Å². The summed E-state index contributed by atoms with van der Waals surface area (Å²) in [6.07, 6.45) is 0. The van der Waals surface area contributed by atoms with Crippen LogP contribution in [0, 0.1) is 6.92 Å². The van der Waals surface area contributed by atoms with Crippen LogP contribution >= 0.6 is 23.2 Å². The van der Waals surface area contributed by atoms with Crippen molar-refractivity contribution in [2.45, 2.75) is 20.1 Å². The standard InChI is InChI=1S/C22H19Cl2NO3/c1-14-17(22(26)27)4-2-7-21(14)25-12-15-8-10-16(11-9-15)28-13-18-19(23)5-3-6-20(18)24/h2-11,25H,12-13H2,1H3,(H,26,27). The average Bonchev–Trinajstić information content (AvgIpc) is 2.67. The van der Waals surface area contributed by atoms with Gasteiger partial charge >= 0.3 is 5.97 Å². The lowest BCUT2D eigenvalue weighted by molar-refractivity contribution is 0.0696. The molecule has 0 fully saturated rings. The first-order chi connectivity index (χ1) is 13.5. The predicted octanol–water partition coefficient (Wildman–Crippen LogP) is 6.19. The Hall–Kier alpha value is -2.69. The summed E-state index contributed by atoms with van der Waals surface area (Å²) in [5, 5.41) is 13.6. The topological polar surface area (TPSA) is 58.6 Å². The maximum atomic E-state index is 11.2. The number of anilines is 1. The summed E-state index contributed by atoms with van der Waals surface area (Å²) in [6, 6.07) is 18.2. The lowest BCUT2D eigenvalue weighted by atomic mass is 10.1. The van der Waals surface area contributed by atoms with Crippen LogP contribution in [-0.2, 0) is 13.2 Å². The number of aromatic carboxylic acids is 1. The number of carboxylic acids is 1. The Kier molecular flexibility index (Phi) is 6.45. The SMILES string of the molecule is Cc1c(NCc2ccc(OCc3c(Cl)cccc3Cl)cc2)cccc1C(=O)O. The third-order valence-electron chi connectivity index (χ3n) is 4.42. The van der Waals surface area contributed by atoms with Gasteiger partial charge in [-0.3, -0.25) is 0 Å². The van der Waals surface area contributed by atoms with Gasteiger partial charge in [0.1, 0.15) is 12.4 Å². The van der Waals surface area contributed by atoms with Gasteiger partial charge in [-0.25, -0.2) is 4.79 Å². The highest BCUT2D eigenvalue weighted by atomic mass is 35.5. The molecule has 0 spiro atoms. The summed E-state index contributed by atoms with van der Waals surface area (Å²) in [6.45, 7) is 2.65. The van der Waals surface area contributed by atoms with Gasteiger partial charge in [0.15, 0.2) is 0 Å². The summed E-state index contributed by atoms with van der Waals surface area (Å²) < 4.78 is 5.78. The monoisotopic (exact) mass is 415 g/mol. The van der Waals surface area contributed by atoms with Crippen LogP contribution < -0.4 is 10.1 Å². The molecule has 6 heteroatoms. The number of carbonyl (C=O) groups is 1. The van der Waals surface area contributed by atoms with Crippen molar-refractivity contribution in [1.82, 2.24) is 0 Å². The third kappa shape index (κ3) is 4.77. The molecule has 0 saturated heterocycles. The van der Waals surface area contributed by atoms with Crippen LogP contribution in [-0.4, -0.2) is 11.1 Å². The van der Waals surface area contributed by atoms with E-state index in [1.54, 1.807) is 37.3 Å². The number of halogens is 2. The summed E-state index contributed by atoms with van der Waals surface area (Å²) >= 11 is 12.3. The minimum atomic E-state index is -0.929. The minimum Gasteiger partial charge on any atom is -0.489 e. The molecule has 3 aromatic carbocycles. The molecular weight excluding hydrogens is 397 g/mol. The Morgan fingerprint density at radius 1 is 1.00 bits per heavy atom. The molecule has 0 aliphatic heterocycles. The molecule has 0 aliphatic carbocycles. The lowest BCUT2D eigenvalue weighted by Gasteiger charge is -2.12. The van der Waals surface area contributed by atoms with E-state index in [0.717, 1.165) is 16.8 Å². The first-order valence-corrected chi connectivity index (χ1v) is 9.42. The normalized spacial score (nSPS) is 10.5.